The number of carbonyl (C=O) groups excluding carboxylic acids is 1. The molecule has 1 N–H and O–H groups in total. The second-order valence-corrected chi connectivity index (χ2v) is 5.30. The molecule has 0 spiro atoms. The number of nitrogens with one attached hydrogen (secondary N) is 1. The maximum absolute atomic E-state index is 12.1. The molecule has 1 atom stereocenters. The van der Waals surface area contributed by atoms with Crippen molar-refractivity contribution in [3.63, 3.8) is 0 Å². The molecule has 1 saturated heterocycles. The van der Waals surface area contributed by atoms with Crippen LogP contribution in [0.4, 0.5) is 0 Å². The zero-order valence-electron chi connectivity index (χ0n) is 10.6. The smallest absolute Gasteiger partial charge is 0.243 e. The minimum atomic E-state index is -0.321. The predicted octanol–water partition coefficient (Wildman–Crippen LogP) is 0.639. The molecule has 1 saturated carbocycles. The third-order valence-electron chi connectivity index (χ3n) is 4.02. The molecule has 0 radical (unpaired) electrons. The fourth-order valence-corrected chi connectivity index (χ4v) is 2.20. The molecule has 2 rings (SSSR count). The highest BCUT2D eigenvalue weighted by Gasteiger charge is 2.40. The lowest BCUT2D eigenvalue weighted by atomic mass is 9.99. The summed E-state index contributed by atoms with van der Waals surface area (Å²) in [6, 6.07) is 0.781. The fraction of sp³-hybridized carbons (Fsp3) is 0.917. The Morgan fingerprint density at radius 3 is 2.75 bits per heavy atom. The second-order valence-electron chi connectivity index (χ2n) is 5.30. The third kappa shape index (κ3) is 2.23. The quantitative estimate of drug-likeness (QED) is 0.746. The van der Waals surface area contributed by atoms with Crippen LogP contribution in [0.1, 0.15) is 33.1 Å². The number of hydrogen-bond acceptors (Lipinski definition) is 3. The van der Waals surface area contributed by atoms with Crippen LogP contribution < -0.4 is 5.32 Å². The van der Waals surface area contributed by atoms with E-state index in [1.165, 1.54) is 12.8 Å². The minimum absolute atomic E-state index is 0.263. The first-order chi connectivity index (χ1) is 7.57. The van der Waals surface area contributed by atoms with Crippen molar-refractivity contribution in [1.82, 2.24) is 15.1 Å². The first-order valence-corrected chi connectivity index (χ1v) is 6.31. The highest BCUT2D eigenvalue weighted by molar-refractivity contribution is 5.87. The Bertz CT molecular complexity index is 277. The van der Waals surface area contributed by atoms with E-state index in [2.05, 4.69) is 24.2 Å². The molecule has 4 nitrogen and oxygen atoms in total. The molecule has 2 fully saturated rings. The molecule has 1 aliphatic carbocycles. The van der Waals surface area contributed by atoms with Crippen LogP contribution in [0, 0.1) is 0 Å². The van der Waals surface area contributed by atoms with Crippen molar-refractivity contribution >= 4 is 5.91 Å². The average molecular weight is 225 g/mol. The molecule has 1 unspecified atom stereocenters. The van der Waals surface area contributed by atoms with Gasteiger partial charge >= 0.3 is 0 Å². The minimum Gasteiger partial charge on any atom is -0.327 e. The summed E-state index contributed by atoms with van der Waals surface area (Å²) in [5.41, 5.74) is -0.321. The van der Waals surface area contributed by atoms with Gasteiger partial charge in [-0.3, -0.25) is 10.1 Å². The number of rotatable bonds is 5. The first kappa shape index (κ1) is 11.9. The molecule has 0 aromatic rings. The van der Waals surface area contributed by atoms with Crippen LogP contribution in [0.25, 0.3) is 0 Å². The van der Waals surface area contributed by atoms with E-state index in [1.807, 2.05) is 11.8 Å². The predicted molar refractivity (Wildman–Crippen MR) is 64.1 cm³/mol. The summed E-state index contributed by atoms with van der Waals surface area (Å²) >= 11 is 0. The molecule has 1 amide bonds. The van der Waals surface area contributed by atoms with Crippen LogP contribution in [0.5, 0.6) is 0 Å². The van der Waals surface area contributed by atoms with Crippen LogP contribution in [0.3, 0.4) is 0 Å². The van der Waals surface area contributed by atoms with E-state index in [-0.39, 0.29) is 11.4 Å². The van der Waals surface area contributed by atoms with Gasteiger partial charge in [0.1, 0.15) is 0 Å². The van der Waals surface area contributed by atoms with Gasteiger partial charge in [0.25, 0.3) is 0 Å². The molecule has 0 aromatic carbocycles. The molecular weight excluding hydrogens is 202 g/mol. The van der Waals surface area contributed by atoms with Gasteiger partial charge in [-0.1, -0.05) is 6.92 Å². The fourth-order valence-electron chi connectivity index (χ4n) is 2.20. The molecule has 0 aromatic heterocycles. The van der Waals surface area contributed by atoms with Gasteiger partial charge in [-0.2, -0.15) is 0 Å². The van der Waals surface area contributed by atoms with Crippen molar-refractivity contribution in [3.8, 4) is 0 Å². The van der Waals surface area contributed by atoms with Gasteiger partial charge in [-0.25, -0.2) is 0 Å². The van der Waals surface area contributed by atoms with Crippen LogP contribution in [-0.2, 0) is 4.79 Å². The summed E-state index contributed by atoms with van der Waals surface area (Å²) in [5.74, 6) is 0.263. The molecule has 16 heavy (non-hydrogen) atoms. The lowest BCUT2D eigenvalue weighted by molar-refractivity contribution is -0.132. The van der Waals surface area contributed by atoms with Crippen LogP contribution in [0.15, 0.2) is 0 Å². The number of likely N-dealkylation sites (N-methyl/N-ethyl adjacent to an activating group) is 1. The number of hydrogen-bond donors (Lipinski definition) is 1. The monoisotopic (exact) mass is 225 g/mol. The Hall–Kier alpha value is -0.610. The first-order valence-electron chi connectivity index (χ1n) is 6.31. The molecule has 4 heteroatoms. The summed E-state index contributed by atoms with van der Waals surface area (Å²) in [6.07, 6.45) is 3.52. The Labute approximate surface area is 98.0 Å². The number of carbonyl (C=O) groups is 1. The second kappa shape index (κ2) is 4.34. The van der Waals surface area contributed by atoms with Crippen LogP contribution in [0.2, 0.25) is 0 Å². The summed E-state index contributed by atoms with van der Waals surface area (Å²) in [7, 11) is 2.16. The van der Waals surface area contributed by atoms with E-state index >= 15 is 0 Å². The summed E-state index contributed by atoms with van der Waals surface area (Å²) in [5, 5.41) is 3.31. The van der Waals surface area contributed by atoms with E-state index in [0.717, 1.165) is 25.6 Å². The number of amides is 1. The van der Waals surface area contributed by atoms with Gasteiger partial charge in [0, 0.05) is 19.1 Å². The maximum atomic E-state index is 12.1. The van der Waals surface area contributed by atoms with E-state index in [0.29, 0.717) is 6.67 Å². The van der Waals surface area contributed by atoms with Gasteiger partial charge in [0.15, 0.2) is 0 Å². The Morgan fingerprint density at radius 1 is 1.56 bits per heavy atom. The summed E-state index contributed by atoms with van der Waals surface area (Å²) < 4.78 is 0. The van der Waals surface area contributed by atoms with Gasteiger partial charge in [-0.15, -0.1) is 0 Å². The normalized spacial score (nSPS) is 30.5. The van der Waals surface area contributed by atoms with Gasteiger partial charge < -0.3 is 9.80 Å². The zero-order valence-corrected chi connectivity index (χ0v) is 10.6. The number of nitrogens with zero attached hydrogens (tertiary/aromatic N) is 2. The highest BCUT2D eigenvalue weighted by Crippen LogP contribution is 2.25. The Balaban J connectivity index is 1.80. The van der Waals surface area contributed by atoms with Gasteiger partial charge in [0.05, 0.1) is 12.2 Å². The van der Waals surface area contributed by atoms with Crippen LogP contribution >= 0.6 is 0 Å². The molecular formula is C12H23N3O. The third-order valence-corrected chi connectivity index (χ3v) is 4.02. The molecule has 92 valence electrons. The van der Waals surface area contributed by atoms with Crippen molar-refractivity contribution in [2.45, 2.75) is 44.7 Å². The van der Waals surface area contributed by atoms with Gasteiger partial charge in [0.2, 0.25) is 5.91 Å². The van der Waals surface area contributed by atoms with Gasteiger partial charge in [-0.05, 0) is 33.2 Å². The van der Waals surface area contributed by atoms with Crippen molar-refractivity contribution in [2.24, 2.45) is 0 Å². The Kier molecular flexibility index (Phi) is 3.22. The maximum Gasteiger partial charge on any atom is 0.243 e. The van der Waals surface area contributed by atoms with E-state index in [9.17, 15) is 4.79 Å². The largest absolute Gasteiger partial charge is 0.327 e. The molecule has 0 bridgehead atoms. The lowest BCUT2D eigenvalue weighted by Crippen LogP contribution is -2.43. The lowest BCUT2D eigenvalue weighted by Gasteiger charge is -2.23. The topological polar surface area (TPSA) is 35.6 Å². The zero-order chi connectivity index (χ0) is 11.8. The highest BCUT2D eigenvalue weighted by atomic mass is 16.2. The standard InChI is InChI=1S/C12H23N3O/c1-4-12(2)11(16)15(9-13-12)8-7-14(3)10-5-6-10/h10,13H,4-9H2,1-3H3. The van der Waals surface area contributed by atoms with Crippen LogP contribution in [-0.4, -0.2) is 54.1 Å². The van der Waals surface area contributed by atoms with E-state index in [4.69, 9.17) is 0 Å². The molecule has 1 aliphatic heterocycles. The van der Waals surface area contributed by atoms with Crippen molar-refractivity contribution in [1.29, 1.82) is 0 Å². The average Bonchev–Trinajstić information content (AvgIpc) is 3.07. The van der Waals surface area contributed by atoms with Crippen molar-refractivity contribution in [2.75, 3.05) is 26.8 Å². The Morgan fingerprint density at radius 2 is 2.25 bits per heavy atom. The van der Waals surface area contributed by atoms with E-state index in [1.54, 1.807) is 0 Å². The van der Waals surface area contributed by atoms with Crippen molar-refractivity contribution in [3.05, 3.63) is 0 Å². The van der Waals surface area contributed by atoms with E-state index < -0.39 is 0 Å². The van der Waals surface area contributed by atoms with Crippen molar-refractivity contribution < 1.29 is 4.79 Å². The molecule has 2 aliphatic rings. The summed E-state index contributed by atoms with van der Waals surface area (Å²) in [4.78, 5) is 16.4. The summed E-state index contributed by atoms with van der Waals surface area (Å²) in [6.45, 7) is 6.62. The molecule has 1 heterocycles. The SMILES string of the molecule is CCC1(C)NCN(CCN(C)C2CC2)C1=O.